The van der Waals surface area contributed by atoms with Crippen LogP contribution in [0, 0.1) is 10.1 Å². The van der Waals surface area contributed by atoms with Crippen LogP contribution in [0.5, 0.6) is 5.75 Å². The molecule has 0 fully saturated rings. The lowest BCUT2D eigenvalue weighted by Gasteiger charge is -2.07. The summed E-state index contributed by atoms with van der Waals surface area (Å²) in [6, 6.07) is 4.63. The van der Waals surface area contributed by atoms with Crippen LogP contribution in [-0.2, 0) is 4.74 Å². The van der Waals surface area contributed by atoms with Crippen molar-refractivity contribution in [3.8, 4) is 5.75 Å². The Kier molecular flexibility index (Phi) is 6.25. The van der Waals surface area contributed by atoms with Crippen LogP contribution in [0.2, 0.25) is 0 Å². The maximum absolute atomic E-state index is 10.8. The van der Waals surface area contributed by atoms with E-state index in [1.54, 1.807) is 12.1 Å². The Morgan fingerprint density at radius 2 is 2.12 bits per heavy atom. The molecule has 0 unspecified atom stereocenters. The quantitative estimate of drug-likeness (QED) is 0.335. The number of ether oxygens (including phenoxy) is 2. The number of nitrogens with zero attached hydrogens (tertiary/aromatic N) is 1. The van der Waals surface area contributed by atoms with Gasteiger partial charge < -0.3 is 9.47 Å². The fourth-order valence-electron chi connectivity index (χ4n) is 1.12. The van der Waals surface area contributed by atoms with Gasteiger partial charge in [-0.3, -0.25) is 10.1 Å². The average molecular weight is 325 g/mol. The van der Waals surface area contributed by atoms with E-state index >= 15 is 0 Å². The van der Waals surface area contributed by atoms with E-state index in [4.69, 9.17) is 21.1 Å². The fraction of sp³-hybridized carbons (Fsp3) is 0.400. The average Bonchev–Trinajstić information content (AvgIpc) is 2.30. The molecule has 0 atom stereocenters. The lowest BCUT2D eigenvalue weighted by atomic mass is 10.3. The van der Waals surface area contributed by atoms with Crippen LogP contribution in [-0.4, -0.2) is 30.6 Å². The molecule has 17 heavy (non-hydrogen) atoms. The first-order chi connectivity index (χ1) is 8.15. The minimum Gasteiger partial charge on any atom is -0.484 e. The minimum absolute atomic E-state index is 0.0725. The molecule has 5 nitrogen and oxygen atoms in total. The summed E-state index contributed by atoms with van der Waals surface area (Å²) in [5, 5.41) is 10.8. The van der Waals surface area contributed by atoms with Gasteiger partial charge in [0.1, 0.15) is 6.61 Å². The second kappa shape index (κ2) is 7.47. The molecule has 0 saturated heterocycles. The Morgan fingerprint density at radius 3 is 2.76 bits per heavy atom. The second-order valence-electron chi connectivity index (χ2n) is 3.02. The maximum atomic E-state index is 10.8. The standard InChI is InChI=1S/C10H11BrClNO4/c11-8-1-2-10(9(7-8)13(14)15)17-6-5-16-4-3-12/h1-2,7H,3-6H2. The highest BCUT2D eigenvalue weighted by Gasteiger charge is 2.15. The van der Waals surface area contributed by atoms with Crippen molar-refractivity contribution in [2.24, 2.45) is 0 Å². The van der Waals surface area contributed by atoms with Crippen molar-refractivity contribution in [3.05, 3.63) is 32.8 Å². The Morgan fingerprint density at radius 1 is 1.35 bits per heavy atom. The van der Waals surface area contributed by atoms with E-state index in [2.05, 4.69) is 15.9 Å². The second-order valence-corrected chi connectivity index (χ2v) is 4.31. The van der Waals surface area contributed by atoms with Crippen molar-refractivity contribution in [2.45, 2.75) is 0 Å². The lowest BCUT2D eigenvalue weighted by molar-refractivity contribution is -0.386. The van der Waals surface area contributed by atoms with Crippen LogP contribution in [0.15, 0.2) is 22.7 Å². The van der Waals surface area contributed by atoms with Crippen LogP contribution >= 0.6 is 27.5 Å². The number of benzene rings is 1. The molecule has 0 amide bonds. The molecule has 7 heteroatoms. The normalized spacial score (nSPS) is 10.2. The van der Waals surface area contributed by atoms with E-state index in [0.29, 0.717) is 23.6 Å². The molecule has 0 N–H and O–H groups in total. The van der Waals surface area contributed by atoms with Gasteiger partial charge >= 0.3 is 5.69 Å². The van der Waals surface area contributed by atoms with Crippen molar-refractivity contribution in [1.82, 2.24) is 0 Å². The Balaban J connectivity index is 2.55. The van der Waals surface area contributed by atoms with E-state index in [1.165, 1.54) is 6.07 Å². The van der Waals surface area contributed by atoms with Gasteiger partial charge in [0.25, 0.3) is 0 Å². The summed E-state index contributed by atoms with van der Waals surface area (Å²) >= 11 is 8.59. The molecule has 0 aromatic heterocycles. The lowest BCUT2D eigenvalue weighted by Crippen LogP contribution is -2.08. The SMILES string of the molecule is O=[N+]([O-])c1cc(Br)ccc1OCCOCCCl. The molecule has 0 aliphatic rings. The zero-order valence-electron chi connectivity index (χ0n) is 8.90. The van der Waals surface area contributed by atoms with Crippen molar-refractivity contribution in [2.75, 3.05) is 25.7 Å². The maximum Gasteiger partial charge on any atom is 0.312 e. The van der Waals surface area contributed by atoms with Crippen molar-refractivity contribution in [3.63, 3.8) is 0 Å². The number of alkyl halides is 1. The van der Waals surface area contributed by atoms with Crippen molar-refractivity contribution >= 4 is 33.2 Å². The number of hydrogen-bond donors (Lipinski definition) is 0. The highest BCUT2D eigenvalue weighted by molar-refractivity contribution is 9.10. The van der Waals surface area contributed by atoms with Gasteiger partial charge in [0.2, 0.25) is 0 Å². The summed E-state index contributed by atoms with van der Waals surface area (Å²) < 4.78 is 11.0. The monoisotopic (exact) mass is 323 g/mol. The zero-order valence-corrected chi connectivity index (χ0v) is 11.2. The summed E-state index contributed by atoms with van der Waals surface area (Å²) in [7, 11) is 0. The molecule has 0 bridgehead atoms. The molecule has 1 rings (SSSR count). The molecule has 0 saturated carbocycles. The summed E-state index contributed by atoms with van der Waals surface area (Å²) in [5.74, 6) is 0.644. The topological polar surface area (TPSA) is 61.6 Å². The van der Waals surface area contributed by atoms with Gasteiger partial charge in [-0.15, -0.1) is 11.6 Å². The molecular weight excluding hydrogens is 313 g/mol. The number of nitro groups is 1. The van der Waals surface area contributed by atoms with Crippen molar-refractivity contribution in [1.29, 1.82) is 0 Å². The van der Waals surface area contributed by atoms with E-state index in [1.807, 2.05) is 0 Å². The predicted octanol–water partition coefficient (Wildman–Crippen LogP) is 2.99. The molecular formula is C10H11BrClNO4. The fourth-order valence-corrected chi connectivity index (χ4v) is 1.58. The molecule has 0 aliphatic heterocycles. The van der Waals surface area contributed by atoms with Gasteiger partial charge in [-0.05, 0) is 12.1 Å². The van der Waals surface area contributed by atoms with Gasteiger partial charge in [0.05, 0.1) is 18.1 Å². The van der Waals surface area contributed by atoms with Crippen LogP contribution < -0.4 is 4.74 Å². The zero-order chi connectivity index (χ0) is 12.7. The van der Waals surface area contributed by atoms with Crippen LogP contribution in [0.3, 0.4) is 0 Å². The first-order valence-electron chi connectivity index (χ1n) is 4.85. The Bertz CT molecular complexity index is 389. The Hall–Kier alpha value is -0.850. The van der Waals surface area contributed by atoms with Crippen LogP contribution in [0.4, 0.5) is 5.69 Å². The van der Waals surface area contributed by atoms with Crippen LogP contribution in [0.1, 0.15) is 0 Å². The molecule has 1 aromatic rings. The largest absolute Gasteiger partial charge is 0.484 e. The van der Waals surface area contributed by atoms with Crippen molar-refractivity contribution < 1.29 is 14.4 Å². The molecule has 0 aliphatic carbocycles. The molecule has 94 valence electrons. The summed E-state index contributed by atoms with van der Waals surface area (Å²) in [4.78, 5) is 10.3. The number of hydrogen-bond acceptors (Lipinski definition) is 4. The first-order valence-corrected chi connectivity index (χ1v) is 6.18. The predicted molar refractivity (Wildman–Crippen MR) is 67.8 cm³/mol. The highest BCUT2D eigenvalue weighted by Crippen LogP contribution is 2.29. The third-order valence-electron chi connectivity index (χ3n) is 1.82. The summed E-state index contributed by atoms with van der Waals surface area (Å²) in [6.45, 7) is 1.03. The summed E-state index contributed by atoms with van der Waals surface area (Å²) in [5.41, 5.74) is -0.0725. The molecule has 1 aromatic carbocycles. The van der Waals surface area contributed by atoms with Gasteiger partial charge in [0, 0.05) is 16.4 Å². The van der Waals surface area contributed by atoms with Gasteiger partial charge in [-0.1, -0.05) is 15.9 Å². The number of nitro benzene ring substituents is 1. The smallest absolute Gasteiger partial charge is 0.312 e. The van der Waals surface area contributed by atoms with E-state index in [0.717, 1.165) is 0 Å². The first kappa shape index (κ1) is 14.2. The summed E-state index contributed by atoms with van der Waals surface area (Å²) in [6.07, 6.45) is 0. The molecule has 0 radical (unpaired) electrons. The third-order valence-corrected chi connectivity index (χ3v) is 2.47. The van der Waals surface area contributed by atoms with E-state index in [-0.39, 0.29) is 18.0 Å². The molecule has 0 heterocycles. The molecule has 0 spiro atoms. The van der Waals surface area contributed by atoms with E-state index < -0.39 is 4.92 Å². The van der Waals surface area contributed by atoms with Gasteiger partial charge in [-0.25, -0.2) is 0 Å². The van der Waals surface area contributed by atoms with Gasteiger partial charge in [0.15, 0.2) is 5.75 Å². The Labute approximate surface area is 112 Å². The van der Waals surface area contributed by atoms with E-state index in [9.17, 15) is 10.1 Å². The van der Waals surface area contributed by atoms with Crippen LogP contribution in [0.25, 0.3) is 0 Å². The number of rotatable bonds is 7. The van der Waals surface area contributed by atoms with Gasteiger partial charge in [-0.2, -0.15) is 0 Å². The number of halogens is 2. The highest BCUT2D eigenvalue weighted by atomic mass is 79.9. The minimum atomic E-state index is -0.486. The third kappa shape index (κ3) is 4.89.